The van der Waals surface area contributed by atoms with Crippen LogP contribution in [-0.4, -0.2) is 27.8 Å². The molecule has 0 aliphatic heterocycles. The van der Waals surface area contributed by atoms with Gasteiger partial charge in [-0.2, -0.15) is 0 Å². The first kappa shape index (κ1) is 14.5. The third-order valence-electron chi connectivity index (χ3n) is 2.86. The van der Waals surface area contributed by atoms with E-state index in [9.17, 15) is 4.79 Å². The molecule has 0 fully saturated rings. The van der Waals surface area contributed by atoms with Crippen LogP contribution in [0, 0.1) is 0 Å². The van der Waals surface area contributed by atoms with E-state index in [0.29, 0.717) is 17.9 Å². The highest BCUT2D eigenvalue weighted by molar-refractivity contribution is 9.10. The number of methoxy groups -OCH3 is 1. The van der Waals surface area contributed by atoms with Crippen molar-refractivity contribution in [1.29, 1.82) is 0 Å². The summed E-state index contributed by atoms with van der Waals surface area (Å²) in [7, 11) is 1.58. The SMILES string of the molecule is CCn1cnnc1CNC(=O)c1ccc(OC)c(Br)c1. The predicted molar refractivity (Wildman–Crippen MR) is 77.6 cm³/mol. The van der Waals surface area contributed by atoms with Crippen LogP contribution in [0.4, 0.5) is 0 Å². The minimum absolute atomic E-state index is 0.168. The molecule has 0 spiro atoms. The summed E-state index contributed by atoms with van der Waals surface area (Å²) in [4.78, 5) is 12.1. The van der Waals surface area contributed by atoms with E-state index in [1.807, 2.05) is 11.5 Å². The minimum Gasteiger partial charge on any atom is -0.496 e. The second-order valence-electron chi connectivity index (χ2n) is 4.07. The third-order valence-corrected chi connectivity index (χ3v) is 3.48. The fraction of sp³-hybridized carbons (Fsp3) is 0.308. The lowest BCUT2D eigenvalue weighted by molar-refractivity contribution is 0.0949. The van der Waals surface area contributed by atoms with E-state index in [1.54, 1.807) is 31.6 Å². The van der Waals surface area contributed by atoms with Crippen LogP contribution in [0.15, 0.2) is 29.0 Å². The molecule has 106 valence electrons. The smallest absolute Gasteiger partial charge is 0.251 e. The molecule has 0 atom stereocenters. The average molecular weight is 339 g/mol. The zero-order chi connectivity index (χ0) is 14.5. The lowest BCUT2D eigenvalue weighted by Crippen LogP contribution is -2.24. The van der Waals surface area contributed by atoms with Crippen LogP contribution in [0.3, 0.4) is 0 Å². The molecule has 2 aromatic rings. The number of benzene rings is 1. The second kappa shape index (κ2) is 6.51. The molecule has 0 radical (unpaired) electrons. The Bertz CT molecular complexity index is 612. The number of nitrogens with zero attached hydrogens (tertiary/aromatic N) is 3. The highest BCUT2D eigenvalue weighted by atomic mass is 79.9. The molecule has 7 heteroatoms. The average Bonchev–Trinajstić information content (AvgIpc) is 2.92. The molecule has 1 amide bonds. The van der Waals surface area contributed by atoms with Gasteiger partial charge in [-0.15, -0.1) is 10.2 Å². The van der Waals surface area contributed by atoms with Crippen molar-refractivity contribution in [1.82, 2.24) is 20.1 Å². The zero-order valence-electron chi connectivity index (χ0n) is 11.3. The molecule has 0 aliphatic rings. The first-order chi connectivity index (χ1) is 9.65. The Labute approximate surface area is 125 Å². The molecule has 0 unspecified atom stereocenters. The molecular formula is C13H15BrN4O2. The zero-order valence-corrected chi connectivity index (χ0v) is 12.8. The first-order valence-corrected chi connectivity index (χ1v) is 6.93. The highest BCUT2D eigenvalue weighted by Gasteiger charge is 2.10. The van der Waals surface area contributed by atoms with Crippen molar-refractivity contribution in [2.45, 2.75) is 20.0 Å². The molecule has 6 nitrogen and oxygen atoms in total. The molecule has 1 aromatic carbocycles. The molecule has 2 rings (SSSR count). The van der Waals surface area contributed by atoms with Gasteiger partial charge >= 0.3 is 0 Å². The summed E-state index contributed by atoms with van der Waals surface area (Å²) < 4.78 is 7.75. The Balaban J connectivity index is 2.03. The highest BCUT2D eigenvalue weighted by Crippen LogP contribution is 2.25. The number of amides is 1. The van der Waals surface area contributed by atoms with Gasteiger partial charge in [-0.25, -0.2) is 0 Å². The fourth-order valence-electron chi connectivity index (χ4n) is 1.75. The number of ether oxygens (including phenoxy) is 1. The summed E-state index contributed by atoms with van der Waals surface area (Å²) >= 11 is 3.36. The Morgan fingerprint density at radius 3 is 2.95 bits per heavy atom. The largest absolute Gasteiger partial charge is 0.496 e. The van der Waals surface area contributed by atoms with Gasteiger partial charge in [0.2, 0.25) is 0 Å². The van der Waals surface area contributed by atoms with E-state index in [2.05, 4.69) is 31.4 Å². The van der Waals surface area contributed by atoms with Crippen LogP contribution in [0.25, 0.3) is 0 Å². The van der Waals surface area contributed by atoms with E-state index in [0.717, 1.165) is 16.8 Å². The molecule has 1 heterocycles. The van der Waals surface area contributed by atoms with Crippen molar-refractivity contribution in [2.24, 2.45) is 0 Å². The standard InChI is InChI=1S/C13H15BrN4O2/c1-3-18-8-16-17-12(18)7-15-13(19)9-4-5-11(20-2)10(14)6-9/h4-6,8H,3,7H2,1-2H3,(H,15,19). The van der Waals surface area contributed by atoms with Gasteiger partial charge < -0.3 is 14.6 Å². The van der Waals surface area contributed by atoms with Crippen molar-refractivity contribution < 1.29 is 9.53 Å². The fourth-order valence-corrected chi connectivity index (χ4v) is 2.29. The summed E-state index contributed by atoms with van der Waals surface area (Å²) in [6.45, 7) is 3.11. The van der Waals surface area contributed by atoms with Gasteiger partial charge in [-0.3, -0.25) is 4.79 Å². The van der Waals surface area contributed by atoms with Gasteiger partial charge in [-0.1, -0.05) is 0 Å². The van der Waals surface area contributed by atoms with Gasteiger partial charge in [0.05, 0.1) is 18.1 Å². The third kappa shape index (κ3) is 3.16. The van der Waals surface area contributed by atoms with E-state index >= 15 is 0 Å². The number of aromatic nitrogens is 3. The quantitative estimate of drug-likeness (QED) is 0.905. The molecule has 20 heavy (non-hydrogen) atoms. The Kier molecular flexibility index (Phi) is 4.73. The maximum atomic E-state index is 12.1. The second-order valence-corrected chi connectivity index (χ2v) is 4.92. The number of hydrogen-bond acceptors (Lipinski definition) is 4. The number of carbonyl (C=O) groups is 1. The van der Waals surface area contributed by atoms with Crippen molar-refractivity contribution in [3.63, 3.8) is 0 Å². The lowest BCUT2D eigenvalue weighted by atomic mass is 10.2. The predicted octanol–water partition coefficient (Wildman–Crippen LogP) is 2.00. The maximum Gasteiger partial charge on any atom is 0.251 e. The summed E-state index contributed by atoms with van der Waals surface area (Å²) in [6.07, 6.45) is 1.64. The minimum atomic E-state index is -0.168. The van der Waals surface area contributed by atoms with Crippen molar-refractivity contribution in [3.05, 3.63) is 40.4 Å². The van der Waals surface area contributed by atoms with Crippen LogP contribution in [-0.2, 0) is 13.1 Å². The summed E-state index contributed by atoms with van der Waals surface area (Å²) in [6, 6.07) is 5.18. The number of aryl methyl sites for hydroxylation is 1. The number of carbonyl (C=O) groups excluding carboxylic acids is 1. The maximum absolute atomic E-state index is 12.1. The van der Waals surface area contributed by atoms with Crippen molar-refractivity contribution >= 4 is 21.8 Å². The van der Waals surface area contributed by atoms with Crippen LogP contribution in [0.2, 0.25) is 0 Å². The van der Waals surface area contributed by atoms with Gasteiger partial charge in [0, 0.05) is 12.1 Å². The van der Waals surface area contributed by atoms with Crippen LogP contribution >= 0.6 is 15.9 Å². The monoisotopic (exact) mass is 338 g/mol. The number of hydrogen-bond donors (Lipinski definition) is 1. The molecule has 1 N–H and O–H groups in total. The van der Waals surface area contributed by atoms with Crippen molar-refractivity contribution in [2.75, 3.05) is 7.11 Å². The molecule has 1 aromatic heterocycles. The Morgan fingerprint density at radius 1 is 1.50 bits per heavy atom. The molecule has 0 saturated carbocycles. The normalized spacial score (nSPS) is 10.3. The van der Waals surface area contributed by atoms with Gasteiger partial charge in [0.15, 0.2) is 5.82 Å². The number of rotatable bonds is 5. The van der Waals surface area contributed by atoms with E-state index in [-0.39, 0.29) is 5.91 Å². The van der Waals surface area contributed by atoms with Crippen LogP contribution in [0.1, 0.15) is 23.1 Å². The summed E-state index contributed by atoms with van der Waals surface area (Å²) in [5, 5.41) is 10.6. The molecule has 0 saturated heterocycles. The van der Waals surface area contributed by atoms with Crippen LogP contribution < -0.4 is 10.1 Å². The molecule has 0 aliphatic carbocycles. The molecule has 0 bridgehead atoms. The summed E-state index contributed by atoms with van der Waals surface area (Å²) in [5.74, 6) is 1.25. The van der Waals surface area contributed by atoms with Crippen molar-refractivity contribution in [3.8, 4) is 5.75 Å². The van der Waals surface area contributed by atoms with Gasteiger partial charge in [-0.05, 0) is 41.1 Å². The van der Waals surface area contributed by atoms with Gasteiger partial charge in [0.25, 0.3) is 5.91 Å². The van der Waals surface area contributed by atoms with E-state index in [1.165, 1.54) is 0 Å². The summed E-state index contributed by atoms with van der Waals surface area (Å²) in [5.41, 5.74) is 0.556. The first-order valence-electron chi connectivity index (χ1n) is 6.14. The van der Waals surface area contributed by atoms with E-state index in [4.69, 9.17) is 4.74 Å². The van der Waals surface area contributed by atoms with E-state index < -0.39 is 0 Å². The van der Waals surface area contributed by atoms with Crippen LogP contribution in [0.5, 0.6) is 5.75 Å². The lowest BCUT2D eigenvalue weighted by Gasteiger charge is -2.08. The van der Waals surface area contributed by atoms with Gasteiger partial charge in [0.1, 0.15) is 12.1 Å². The topological polar surface area (TPSA) is 69.0 Å². The number of halogens is 1. The molecular weight excluding hydrogens is 324 g/mol. The Hall–Kier alpha value is -1.89. The number of nitrogens with one attached hydrogen (secondary N) is 1. The Morgan fingerprint density at radius 2 is 2.30 bits per heavy atom.